The minimum Gasteiger partial charge on any atom is -0.394 e. The average Bonchev–Trinajstić information content (AvgIpc) is 2.92. The standard InChI is InChI=1S/C34H65NO3/c1-3-5-7-9-11-13-15-17-19-21-23-25-27-29-33(37)32(31-36)35-34(38)30-28-26-24-22-20-18-16-14-12-10-8-6-4-2/h32-33,36-37H,3-20,22,24-31H2,1-2H3,(H,35,38)/t32-,33+/m0/s1. The van der Waals surface area contributed by atoms with Crippen molar-refractivity contribution >= 4 is 5.91 Å². The van der Waals surface area contributed by atoms with Crippen molar-refractivity contribution in [2.24, 2.45) is 0 Å². The first-order chi connectivity index (χ1) is 18.7. The van der Waals surface area contributed by atoms with E-state index in [0.29, 0.717) is 12.8 Å². The van der Waals surface area contributed by atoms with Gasteiger partial charge < -0.3 is 15.5 Å². The first-order valence-electron chi connectivity index (χ1n) is 16.7. The molecule has 0 saturated heterocycles. The number of nitrogens with one attached hydrogen (secondary N) is 1. The van der Waals surface area contributed by atoms with Gasteiger partial charge in [0.05, 0.1) is 18.8 Å². The van der Waals surface area contributed by atoms with E-state index < -0.39 is 12.1 Å². The molecular formula is C34H65NO3. The van der Waals surface area contributed by atoms with E-state index in [1.54, 1.807) is 0 Å². The highest BCUT2D eigenvalue weighted by Crippen LogP contribution is 2.13. The number of unbranched alkanes of at least 4 members (excludes halogenated alkanes) is 21. The van der Waals surface area contributed by atoms with Crippen molar-refractivity contribution in [3.63, 3.8) is 0 Å². The molecule has 0 spiro atoms. The maximum atomic E-state index is 12.3. The summed E-state index contributed by atoms with van der Waals surface area (Å²) >= 11 is 0. The van der Waals surface area contributed by atoms with Crippen molar-refractivity contribution in [3.8, 4) is 11.8 Å². The van der Waals surface area contributed by atoms with Crippen molar-refractivity contribution in [1.29, 1.82) is 0 Å². The summed E-state index contributed by atoms with van der Waals surface area (Å²) in [4.78, 5) is 12.3. The summed E-state index contributed by atoms with van der Waals surface area (Å²) in [5.41, 5.74) is 0. The molecule has 0 heterocycles. The van der Waals surface area contributed by atoms with Gasteiger partial charge in [0.15, 0.2) is 0 Å². The van der Waals surface area contributed by atoms with E-state index in [2.05, 4.69) is 31.0 Å². The minimum absolute atomic E-state index is 0.0590. The Balaban J connectivity index is 3.64. The Kier molecular flexibility index (Phi) is 29.6. The van der Waals surface area contributed by atoms with Crippen LogP contribution in [0.15, 0.2) is 0 Å². The number of aliphatic hydroxyl groups excluding tert-OH is 2. The highest BCUT2D eigenvalue weighted by atomic mass is 16.3. The van der Waals surface area contributed by atoms with Gasteiger partial charge in [-0.25, -0.2) is 0 Å². The van der Waals surface area contributed by atoms with E-state index in [-0.39, 0.29) is 12.5 Å². The van der Waals surface area contributed by atoms with Crippen LogP contribution in [0.5, 0.6) is 0 Å². The predicted molar refractivity (Wildman–Crippen MR) is 164 cm³/mol. The summed E-state index contributed by atoms with van der Waals surface area (Å²) in [6, 6.07) is -0.574. The maximum Gasteiger partial charge on any atom is 0.220 e. The molecule has 1 amide bonds. The van der Waals surface area contributed by atoms with Crippen molar-refractivity contribution in [2.75, 3.05) is 6.61 Å². The fraction of sp³-hybridized carbons (Fsp3) is 0.912. The lowest BCUT2D eigenvalue weighted by molar-refractivity contribution is -0.123. The lowest BCUT2D eigenvalue weighted by Gasteiger charge is -2.22. The molecule has 0 aromatic heterocycles. The van der Waals surface area contributed by atoms with Crippen molar-refractivity contribution < 1.29 is 15.0 Å². The van der Waals surface area contributed by atoms with Crippen LogP contribution in [0.3, 0.4) is 0 Å². The van der Waals surface area contributed by atoms with Gasteiger partial charge >= 0.3 is 0 Å². The summed E-state index contributed by atoms with van der Waals surface area (Å²) in [6.45, 7) is 4.29. The zero-order valence-corrected chi connectivity index (χ0v) is 25.5. The second-order valence-corrected chi connectivity index (χ2v) is 11.4. The highest BCUT2D eigenvalue weighted by Gasteiger charge is 2.19. The summed E-state index contributed by atoms with van der Waals surface area (Å²) in [6.07, 6.45) is 30.1. The van der Waals surface area contributed by atoms with Gasteiger partial charge in [0.1, 0.15) is 0 Å². The maximum absolute atomic E-state index is 12.3. The molecule has 0 bridgehead atoms. The quantitative estimate of drug-likeness (QED) is 0.0691. The first-order valence-corrected chi connectivity index (χ1v) is 16.7. The van der Waals surface area contributed by atoms with E-state index in [1.807, 2.05) is 0 Å². The van der Waals surface area contributed by atoms with E-state index in [1.165, 1.54) is 122 Å². The fourth-order valence-electron chi connectivity index (χ4n) is 4.97. The molecule has 0 aliphatic heterocycles. The molecular weight excluding hydrogens is 470 g/mol. The number of carbonyl (C=O) groups excluding carboxylic acids is 1. The third-order valence-corrected chi connectivity index (χ3v) is 7.60. The number of hydrogen-bond acceptors (Lipinski definition) is 3. The van der Waals surface area contributed by atoms with Crippen molar-refractivity contribution in [3.05, 3.63) is 0 Å². The Morgan fingerprint density at radius 2 is 1.00 bits per heavy atom. The second kappa shape index (κ2) is 30.5. The Hall–Kier alpha value is -1.05. The Morgan fingerprint density at radius 3 is 1.45 bits per heavy atom. The molecule has 2 atom stereocenters. The largest absolute Gasteiger partial charge is 0.394 e. The third kappa shape index (κ3) is 26.6. The average molecular weight is 536 g/mol. The predicted octanol–water partition coefficient (Wildman–Crippen LogP) is 9.01. The van der Waals surface area contributed by atoms with E-state index >= 15 is 0 Å². The minimum atomic E-state index is -0.717. The lowest BCUT2D eigenvalue weighted by Crippen LogP contribution is -2.45. The molecule has 4 nitrogen and oxygen atoms in total. The van der Waals surface area contributed by atoms with Crippen LogP contribution in [0, 0.1) is 11.8 Å². The van der Waals surface area contributed by atoms with Crippen LogP contribution in [0.4, 0.5) is 0 Å². The zero-order chi connectivity index (χ0) is 27.9. The van der Waals surface area contributed by atoms with Crippen LogP contribution in [-0.4, -0.2) is 34.9 Å². The Labute approximate surface area is 237 Å². The fourth-order valence-corrected chi connectivity index (χ4v) is 4.97. The summed E-state index contributed by atoms with van der Waals surface area (Å²) < 4.78 is 0. The Morgan fingerprint density at radius 1 is 0.605 bits per heavy atom. The molecule has 0 aromatic carbocycles. The van der Waals surface area contributed by atoms with Crippen molar-refractivity contribution in [1.82, 2.24) is 5.32 Å². The van der Waals surface area contributed by atoms with Crippen LogP contribution in [0.1, 0.15) is 181 Å². The van der Waals surface area contributed by atoms with Gasteiger partial charge in [-0.2, -0.15) is 0 Å². The van der Waals surface area contributed by atoms with Gasteiger partial charge in [0.2, 0.25) is 5.91 Å². The smallest absolute Gasteiger partial charge is 0.220 e. The number of hydrogen-bond donors (Lipinski definition) is 3. The highest BCUT2D eigenvalue weighted by molar-refractivity contribution is 5.76. The zero-order valence-electron chi connectivity index (χ0n) is 25.5. The molecule has 38 heavy (non-hydrogen) atoms. The monoisotopic (exact) mass is 535 g/mol. The van der Waals surface area contributed by atoms with Crippen LogP contribution < -0.4 is 5.32 Å². The van der Waals surface area contributed by atoms with Crippen LogP contribution in [0.2, 0.25) is 0 Å². The number of amides is 1. The van der Waals surface area contributed by atoms with Gasteiger partial charge in [-0.15, -0.1) is 11.8 Å². The molecule has 0 unspecified atom stereocenters. The molecule has 0 aromatic rings. The summed E-state index contributed by atoms with van der Waals surface area (Å²) in [5.74, 6) is 6.41. The van der Waals surface area contributed by atoms with E-state index in [9.17, 15) is 15.0 Å². The number of rotatable bonds is 28. The Bertz CT molecular complexity index is 554. The lowest BCUT2D eigenvalue weighted by atomic mass is 10.0. The molecule has 224 valence electrons. The number of aliphatic hydroxyl groups is 2. The molecule has 0 aliphatic rings. The number of carbonyl (C=O) groups is 1. The van der Waals surface area contributed by atoms with Gasteiger partial charge in [-0.05, 0) is 25.7 Å². The van der Waals surface area contributed by atoms with Crippen LogP contribution in [-0.2, 0) is 4.79 Å². The van der Waals surface area contributed by atoms with Gasteiger partial charge in [0.25, 0.3) is 0 Å². The van der Waals surface area contributed by atoms with Gasteiger partial charge in [0, 0.05) is 19.3 Å². The molecule has 0 saturated carbocycles. The molecule has 3 N–H and O–H groups in total. The van der Waals surface area contributed by atoms with Gasteiger partial charge in [-0.3, -0.25) is 4.79 Å². The normalized spacial score (nSPS) is 12.6. The summed E-state index contributed by atoms with van der Waals surface area (Å²) in [7, 11) is 0. The molecule has 0 aliphatic carbocycles. The summed E-state index contributed by atoms with van der Waals surface area (Å²) in [5, 5.41) is 22.9. The molecule has 0 radical (unpaired) electrons. The van der Waals surface area contributed by atoms with Crippen molar-refractivity contribution in [2.45, 2.75) is 193 Å². The van der Waals surface area contributed by atoms with Crippen LogP contribution >= 0.6 is 0 Å². The SMILES string of the molecule is CCCCCCCCCCC#CCCC[C@@H](O)[C@H](CO)NC(=O)CCCCCCCCCCCCCCC. The van der Waals surface area contributed by atoms with Gasteiger partial charge in [-0.1, -0.05) is 136 Å². The third-order valence-electron chi connectivity index (χ3n) is 7.60. The molecule has 0 rings (SSSR count). The van der Waals surface area contributed by atoms with E-state index in [4.69, 9.17) is 0 Å². The molecule has 0 fully saturated rings. The van der Waals surface area contributed by atoms with Crippen LogP contribution in [0.25, 0.3) is 0 Å². The first kappa shape index (κ1) is 37.0. The second-order valence-electron chi connectivity index (χ2n) is 11.4. The topological polar surface area (TPSA) is 69.6 Å². The van der Waals surface area contributed by atoms with E-state index in [0.717, 1.165) is 32.1 Å². The molecule has 4 heteroatoms.